The summed E-state index contributed by atoms with van der Waals surface area (Å²) in [6.07, 6.45) is -8.36. The minimum absolute atomic E-state index is 0.0198. The normalized spacial score (nSPS) is 24.5. The van der Waals surface area contributed by atoms with Gasteiger partial charge in [0.1, 0.15) is 0 Å². The third kappa shape index (κ3) is 7.81. The summed E-state index contributed by atoms with van der Waals surface area (Å²) in [6, 6.07) is 10.8. The van der Waals surface area contributed by atoms with Crippen LogP contribution in [-0.2, 0) is 26.7 Å². The van der Waals surface area contributed by atoms with Crippen LogP contribution in [-0.4, -0.2) is 41.9 Å². The zero-order chi connectivity index (χ0) is 29.9. The molecule has 2 aromatic carbocycles. The summed E-state index contributed by atoms with van der Waals surface area (Å²) in [6.45, 7) is 3.60. The Balaban J connectivity index is 1.51. The summed E-state index contributed by atoms with van der Waals surface area (Å²) in [5.74, 6) is -0.563. The molecule has 1 saturated heterocycles. The lowest BCUT2D eigenvalue weighted by Crippen LogP contribution is -2.49. The number of ether oxygens (including phenoxy) is 1. The third-order valence-electron chi connectivity index (χ3n) is 8.03. The van der Waals surface area contributed by atoms with Gasteiger partial charge in [0.05, 0.1) is 23.3 Å². The molecule has 11 heteroatoms. The predicted molar refractivity (Wildman–Crippen MR) is 140 cm³/mol. The van der Waals surface area contributed by atoms with Crippen molar-refractivity contribution in [2.75, 3.05) is 13.1 Å². The number of rotatable bonds is 6. The zero-order valence-corrected chi connectivity index (χ0v) is 22.9. The lowest BCUT2D eigenvalue weighted by molar-refractivity contribution is -0.143. The van der Waals surface area contributed by atoms with Crippen LogP contribution in [0.1, 0.15) is 80.2 Å². The van der Waals surface area contributed by atoms with E-state index in [4.69, 9.17) is 4.74 Å². The second kappa shape index (κ2) is 12.4. The van der Waals surface area contributed by atoms with Crippen molar-refractivity contribution in [3.63, 3.8) is 0 Å². The molecule has 41 heavy (non-hydrogen) atoms. The molecule has 2 amide bonds. The molecule has 4 rings (SSSR count). The van der Waals surface area contributed by atoms with E-state index >= 15 is 0 Å². The predicted octanol–water partition coefficient (Wildman–Crippen LogP) is 6.88. The maximum Gasteiger partial charge on any atom is 0.416 e. The Labute approximate surface area is 235 Å². The minimum atomic E-state index is -4.95. The molecule has 3 unspecified atom stereocenters. The largest absolute Gasteiger partial charge is 0.416 e. The summed E-state index contributed by atoms with van der Waals surface area (Å²) in [5, 5.41) is 2.90. The smallest absolute Gasteiger partial charge is 0.370 e. The average Bonchev–Trinajstić information content (AvgIpc) is 2.92. The Kier molecular flexibility index (Phi) is 9.35. The van der Waals surface area contributed by atoms with E-state index in [-0.39, 0.29) is 41.3 Å². The molecule has 0 radical (unpaired) electrons. The van der Waals surface area contributed by atoms with Gasteiger partial charge in [-0.2, -0.15) is 26.3 Å². The second-order valence-corrected chi connectivity index (χ2v) is 11.0. The monoisotopic (exact) mass is 584 g/mol. The lowest BCUT2D eigenvalue weighted by atomic mass is 9.83. The minimum Gasteiger partial charge on any atom is -0.370 e. The average molecular weight is 585 g/mol. The molecule has 0 spiro atoms. The molecule has 224 valence electrons. The van der Waals surface area contributed by atoms with E-state index in [2.05, 4.69) is 5.32 Å². The van der Waals surface area contributed by atoms with E-state index in [1.807, 2.05) is 30.3 Å². The Morgan fingerprint density at radius 2 is 1.49 bits per heavy atom. The van der Waals surface area contributed by atoms with Crippen LogP contribution >= 0.6 is 0 Å². The summed E-state index contributed by atoms with van der Waals surface area (Å²) in [4.78, 5) is 26.6. The van der Waals surface area contributed by atoms with Gasteiger partial charge in [-0.1, -0.05) is 30.3 Å². The number of halogens is 6. The van der Waals surface area contributed by atoms with Gasteiger partial charge in [0.15, 0.2) is 0 Å². The fourth-order valence-electron chi connectivity index (χ4n) is 5.90. The number of amides is 2. The number of likely N-dealkylation sites (tertiary alicyclic amines) is 1. The Hall–Kier alpha value is -3.08. The number of carbonyl (C=O) groups excluding carboxylic acids is 2. The number of hydrogen-bond donors (Lipinski definition) is 1. The topological polar surface area (TPSA) is 58.6 Å². The van der Waals surface area contributed by atoms with Crippen molar-refractivity contribution >= 4 is 11.8 Å². The molecule has 1 saturated carbocycles. The van der Waals surface area contributed by atoms with Crippen molar-refractivity contribution in [3.8, 4) is 0 Å². The molecule has 2 aromatic rings. The van der Waals surface area contributed by atoms with Crippen LogP contribution in [0.4, 0.5) is 26.3 Å². The maximum atomic E-state index is 13.5. The molecular weight excluding hydrogens is 550 g/mol. The van der Waals surface area contributed by atoms with Crippen LogP contribution in [0.2, 0.25) is 0 Å². The van der Waals surface area contributed by atoms with E-state index < -0.39 is 35.7 Å². The van der Waals surface area contributed by atoms with Gasteiger partial charge in [0.25, 0.3) is 0 Å². The quantitative estimate of drug-likeness (QED) is 0.377. The van der Waals surface area contributed by atoms with Crippen molar-refractivity contribution in [2.45, 2.75) is 82.5 Å². The van der Waals surface area contributed by atoms with Gasteiger partial charge in [-0.15, -0.1) is 0 Å². The number of benzene rings is 2. The number of hydrogen-bond acceptors (Lipinski definition) is 3. The molecule has 1 N–H and O–H groups in total. The lowest BCUT2D eigenvalue weighted by Gasteiger charge is -2.41. The van der Waals surface area contributed by atoms with E-state index in [1.54, 1.807) is 4.90 Å². The maximum absolute atomic E-state index is 13.5. The van der Waals surface area contributed by atoms with Crippen LogP contribution in [0.5, 0.6) is 0 Å². The first kappa shape index (κ1) is 30.9. The zero-order valence-electron chi connectivity index (χ0n) is 22.9. The highest BCUT2D eigenvalue weighted by Crippen LogP contribution is 2.40. The molecule has 1 aliphatic carbocycles. The van der Waals surface area contributed by atoms with E-state index in [1.165, 1.54) is 13.8 Å². The van der Waals surface area contributed by atoms with Gasteiger partial charge < -0.3 is 15.0 Å². The fraction of sp³-hybridized carbons (Fsp3) is 0.533. The molecule has 0 aromatic heterocycles. The highest BCUT2D eigenvalue weighted by Gasteiger charge is 2.40. The van der Waals surface area contributed by atoms with Gasteiger partial charge in [-0.05, 0) is 68.4 Å². The summed E-state index contributed by atoms with van der Waals surface area (Å²) >= 11 is 0. The van der Waals surface area contributed by atoms with Crippen LogP contribution in [0.15, 0.2) is 48.5 Å². The first-order valence-corrected chi connectivity index (χ1v) is 13.8. The first-order chi connectivity index (χ1) is 19.2. The fourth-order valence-corrected chi connectivity index (χ4v) is 5.90. The molecular formula is C30H34F6N2O3. The highest BCUT2D eigenvalue weighted by atomic mass is 19.4. The van der Waals surface area contributed by atoms with E-state index in [9.17, 15) is 35.9 Å². The Morgan fingerprint density at radius 1 is 0.902 bits per heavy atom. The molecule has 0 bridgehead atoms. The number of piperidine rings is 1. The van der Waals surface area contributed by atoms with E-state index in [0.29, 0.717) is 57.3 Å². The van der Waals surface area contributed by atoms with Crippen molar-refractivity contribution in [1.82, 2.24) is 10.2 Å². The Bertz CT molecular complexity index is 1180. The van der Waals surface area contributed by atoms with E-state index in [0.717, 1.165) is 5.56 Å². The molecule has 5 nitrogen and oxygen atoms in total. The van der Waals surface area contributed by atoms with Crippen LogP contribution < -0.4 is 5.32 Å². The van der Waals surface area contributed by atoms with Crippen LogP contribution in [0.25, 0.3) is 0 Å². The standard InChI is InChI=1S/C30H34F6N2O3/c1-18(22-14-23(29(31,32)33)16-24(15-22)30(34,35)36)41-27-12-13-38(17-26(27)20-6-4-3-5-7-20)28(40)21-8-10-25(11-9-21)37-19(2)39/h3-7,14-16,18,21,25-27H,8-13,17H2,1-2H3,(H,37,39)/t18?,21-,25-,26?,27?. The highest BCUT2D eigenvalue weighted by molar-refractivity contribution is 5.79. The molecule has 2 aliphatic rings. The van der Waals surface area contributed by atoms with Crippen molar-refractivity contribution in [3.05, 3.63) is 70.8 Å². The molecule has 1 aliphatic heterocycles. The summed E-state index contributed by atoms with van der Waals surface area (Å²) in [7, 11) is 0. The van der Waals surface area contributed by atoms with Gasteiger partial charge >= 0.3 is 12.4 Å². The third-order valence-corrected chi connectivity index (χ3v) is 8.03. The number of carbonyl (C=O) groups is 2. The Morgan fingerprint density at radius 3 is 2.02 bits per heavy atom. The van der Waals surface area contributed by atoms with Gasteiger partial charge in [0.2, 0.25) is 11.8 Å². The van der Waals surface area contributed by atoms with Crippen LogP contribution in [0, 0.1) is 5.92 Å². The van der Waals surface area contributed by atoms with Gasteiger partial charge in [0, 0.05) is 37.9 Å². The number of nitrogens with zero attached hydrogens (tertiary/aromatic N) is 1. The number of nitrogens with one attached hydrogen (secondary N) is 1. The first-order valence-electron chi connectivity index (χ1n) is 13.8. The van der Waals surface area contributed by atoms with Crippen LogP contribution in [0.3, 0.4) is 0 Å². The molecule has 1 heterocycles. The summed E-state index contributed by atoms with van der Waals surface area (Å²) in [5.41, 5.74) is -2.11. The summed E-state index contributed by atoms with van der Waals surface area (Å²) < 4.78 is 86.8. The molecule has 2 fully saturated rings. The van der Waals surface area contributed by atoms with Gasteiger partial charge in [-0.3, -0.25) is 9.59 Å². The van der Waals surface area contributed by atoms with Gasteiger partial charge in [-0.25, -0.2) is 0 Å². The van der Waals surface area contributed by atoms with Crippen molar-refractivity contribution < 1.29 is 40.7 Å². The van der Waals surface area contributed by atoms with Crippen molar-refractivity contribution in [2.24, 2.45) is 5.92 Å². The molecule has 3 atom stereocenters. The number of alkyl halides is 6. The van der Waals surface area contributed by atoms with Crippen molar-refractivity contribution in [1.29, 1.82) is 0 Å². The second-order valence-electron chi connectivity index (χ2n) is 11.0. The SMILES string of the molecule is CC(=O)N[C@H]1CC[C@H](C(=O)N2CCC(OC(C)c3cc(C(F)(F)F)cc(C(F)(F)F)c3)C(c3ccccc3)C2)CC1.